The van der Waals surface area contributed by atoms with Crippen LogP contribution in [-0.2, 0) is 12.8 Å². The number of fused-ring (bicyclic) bond motifs is 14. The fourth-order valence-corrected chi connectivity index (χ4v) is 6.63. The Bertz CT molecular complexity index is 2060. The maximum Gasteiger partial charge on any atom is 0.146 e. The second-order valence-electron chi connectivity index (χ2n) is 10.0. The highest BCUT2D eigenvalue weighted by atomic mass is 15.0. The van der Waals surface area contributed by atoms with E-state index in [1.165, 1.54) is 71.7 Å². The van der Waals surface area contributed by atoms with E-state index in [-0.39, 0.29) is 0 Å². The first-order chi connectivity index (χ1) is 17.3. The van der Waals surface area contributed by atoms with Gasteiger partial charge < -0.3 is 0 Å². The quantitative estimate of drug-likeness (QED) is 0.217. The molecule has 7 aromatic rings. The van der Waals surface area contributed by atoms with E-state index in [0.717, 1.165) is 24.0 Å². The topological polar surface area (TPSA) is 17.3 Å². The molecule has 2 nitrogen and oxygen atoms in total. The summed E-state index contributed by atoms with van der Waals surface area (Å²) in [5, 5.41) is 3.74. The smallest absolute Gasteiger partial charge is 0.146 e. The molecule has 0 bridgehead atoms. The number of rotatable bonds is 0. The number of nitrogens with zero attached hydrogens (tertiary/aromatic N) is 2. The molecule has 2 aliphatic carbocycles. The van der Waals surface area contributed by atoms with E-state index in [1.54, 1.807) is 0 Å². The summed E-state index contributed by atoms with van der Waals surface area (Å²) in [5.41, 5.74) is 15.8. The van der Waals surface area contributed by atoms with Gasteiger partial charge in [-0.2, -0.15) is 0 Å². The SMILES string of the molecule is c1ccc2c(c1)Cc1cc3c(cc1-2)-c1cc2c(cc1C3)nc1c3ccccc3c3ccccc3n21. The molecular formula is C33H20N2. The van der Waals surface area contributed by atoms with Gasteiger partial charge in [0, 0.05) is 10.8 Å². The van der Waals surface area contributed by atoms with Crippen LogP contribution in [0.3, 0.4) is 0 Å². The summed E-state index contributed by atoms with van der Waals surface area (Å²) in [6.45, 7) is 0. The van der Waals surface area contributed by atoms with Gasteiger partial charge in [0.2, 0.25) is 0 Å². The van der Waals surface area contributed by atoms with Gasteiger partial charge >= 0.3 is 0 Å². The zero-order valence-electron chi connectivity index (χ0n) is 19.0. The van der Waals surface area contributed by atoms with Gasteiger partial charge in [-0.15, -0.1) is 0 Å². The zero-order valence-corrected chi connectivity index (χ0v) is 19.0. The summed E-state index contributed by atoms with van der Waals surface area (Å²) in [7, 11) is 0. The molecule has 9 rings (SSSR count). The van der Waals surface area contributed by atoms with Gasteiger partial charge in [-0.1, -0.05) is 72.8 Å². The molecule has 0 N–H and O–H groups in total. The monoisotopic (exact) mass is 444 g/mol. The summed E-state index contributed by atoms with van der Waals surface area (Å²) >= 11 is 0. The van der Waals surface area contributed by atoms with Crippen molar-refractivity contribution in [1.29, 1.82) is 0 Å². The molecule has 0 atom stereocenters. The Balaban J connectivity index is 1.37. The van der Waals surface area contributed by atoms with E-state index in [0.29, 0.717) is 0 Å². The van der Waals surface area contributed by atoms with Crippen molar-refractivity contribution in [3.8, 4) is 22.3 Å². The molecule has 35 heavy (non-hydrogen) atoms. The molecule has 2 aromatic heterocycles. The molecule has 2 heterocycles. The van der Waals surface area contributed by atoms with Crippen LogP contribution in [0.2, 0.25) is 0 Å². The fraction of sp³-hybridized carbons (Fsp3) is 0.0606. The Labute approximate surface area is 202 Å². The minimum absolute atomic E-state index is 0.986. The zero-order chi connectivity index (χ0) is 22.7. The van der Waals surface area contributed by atoms with Crippen LogP contribution < -0.4 is 0 Å². The molecule has 0 spiro atoms. The number of imidazole rings is 1. The Kier molecular flexibility index (Phi) is 3.16. The predicted molar refractivity (Wildman–Crippen MR) is 144 cm³/mol. The van der Waals surface area contributed by atoms with E-state index in [9.17, 15) is 0 Å². The van der Waals surface area contributed by atoms with E-state index in [1.807, 2.05) is 0 Å². The minimum atomic E-state index is 0.986. The van der Waals surface area contributed by atoms with Crippen LogP contribution in [-0.4, -0.2) is 9.38 Å². The lowest BCUT2D eigenvalue weighted by molar-refractivity contribution is 1.21. The Morgan fingerprint density at radius 2 is 1.14 bits per heavy atom. The molecule has 0 fully saturated rings. The Hall–Kier alpha value is -4.43. The number of para-hydroxylation sites is 1. The number of hydrogen-bond acceptors (Lipinski definition) is 1. The van der Waals surface area contributed by atoms with Gasteiger partial charge in [0.25, 0.3) is 0 Å². The van der Waals surface area contributed by atoms with Gasteiger partial charge in [0.15, 0.2) is 0 Å². The Morgan fingerprint density at radius 1 is 0.486 bits per heavy atom. The minimum Gasteiger partial charge on any atom is -0.292 e. The molecule has 0 unspecified atom stereocenters. The normalized spacial score (nSPS) is 13.5. The van der Waals surface area contributed by atoms with Crippen LogP contribution in [0.4, 0.5) is 0 Å². The van der Waals surface area contributed by atoms with Gasteiger partial charge in [-0.3, -0.25) is 4.40 Å². The molecule has 0 saturated heterocycles. The lowest BCUT2D eigenvalue weighted by Crippen LogP contribution is -1.91. The molecule has 0 saturated carbocycles. The molecular weight excluding hydrogens is 424 g/mol. The average molecular weight is 445 g/mol. The number of pyridine rings is 1. The highest BCUT2D eigenvalue weighted by Crippen LogP contribution is 2.46. The van der Waals surface area contributed by atoms with Crippen molar-refractivity contribution in [3.63, 3.8) is 0 Å². The first-order valence-corrected chi connectivity index (χ1v) is 12.3. The average Bonchev–Trinajstić information content (AvgIpc) is 3.56. The van der Waals surface area contributed by atoms with Gasteiger partial charge in [0.05, 0.1) is 16.6 Å². The third-order valence-electron chi connectivity index (χ3n) is 8.17. The first-order valence-electron chi connectivity index (χ1n) is 12.3. The standard InChI is InChI=1S/C33H20N2/c1-2-8-23-19(7-1)13-20-14-21-15-22-16-30-32(18-29(22)28(21)17-27(20)23)35-31-12-6-5-10-25(31)24-9-3-4-11-26(24)33(35)34-30/h1-12,14,16-18H,13,15H2. The summed E-state index contributed by atoms with van der Waals surface area (Å²) in [4.78, 5) is 5.19. The van der Waals surface area contributed by atoms with Crippen LogP contribution in [0, 0.1) is 0 Å². The molecule has 2 heteroatoms. The second-order valence-corrected chi connectivity index (χ2v) is 10.0. The lowest BCUT2D eigenvalue weighted by atomic mass is 9.97. The maximum absolute atomic E-state index is 5.19. The van der Waals surface area contributed by atoms with Crippen molar-refractivity contribution in [2.75, 3.05) is 0 Å². The molecule has 2 aliphatic rings. The van der Waals surface area contributed by atoms with Gasteiger partial charge in [-0.05, 0) is 87.0 Å². The predicted octanol–water partition coefficient (Wildman–Crippen LogP) is 7.94. The summed E-state index contributed by atoms with van der Waals surface area (Å²) in [5.74, 6) is 0. The lowest BCUT2D eigenvalue weighted by Gasteiger charge is -2.09. The molecule has 0 amide bonds. The maximum atomic E-state index is 5.19. The number of aromatic nitrogens is 2. The van der Waals surface area contributed by atoms with Crippen LogP contribution in [0.15, 0.2) is 97.1 Å². The largest absolute Gasteiger partial charge is 0.292 e. The van der Waals surface area contributed by atoms with E-state index < -0.39 is 0 Å². The van der Waals surface area contributed by atoms with Crippen molar-refractivity contribution in [2.24, 2.45) is 0 Å². The third kappa shape index (κ3) is 2.22. The fourth-order valence-electron chi connectivity index (χ4n) is 6.63. The Morgan fingerprint density at radius 3 is 2.06 bits per heavy atom. The van der Waals surface area contributed by atoms with E-state index in [4.69, 9.17) is 4.98 Å². The van der Waals surface area contributed by atoms with Crippen LogP contribution in [0.1, 0.15) is 22.3 Å². The highest BCUT2D eigenvalue weighted by Gasteiger charge is 2.26. The van der Waals surface area contributed by atoms with Gasteiger partial charge in [0.1, 0.15) is 5.65 Å². The first kappa shape index (κ1) is 18.0. The van der Waals surface area contributed by atoms with E-state index >= 15 is 0 Å². The van der Waals surface area contributed by atoms with E-state index in [2.05, 4.69) is 101 Å². The van der Waals surface area contributed by atoms with Crippen LogP contribution in [0.25, 0.3) is 60.6 Å². The van der Waals surface area contributed by atoms with Crippen molar-refractivity contribution >= 4 is 38.4 Å². The van der Waals surface area contributed by atoms with Gasteiger partial charge in [-0.25, -0.2) is 4.98 Å². The summed E-state index contributed by atoms with van der Waals surface area (Å²) in [6, 6.07) is 35.9. The number of benzene rings is 5. The highest BCUT2D eigenvalue weighted by molar-refractivity contribution is 6.14. The third-order valence-corrected chi connectivity index (χ3v) is 8.17. The van der Waals surface area contributed by atoms with Crippen molar-refractivity contribution in [1.82, 2.24) is 9.38 Å². The molecule has 0 radical (unpaired) electrons. The van der Waals surface area contributed by atoms with Crippen LogP contribution in [0.5, 0.6) is 0 Å². The second kappa shape index (κ2) is 6.17. The molecule has 0 aliphatic heterocycles. The van der Waals surface area contributed by atoms with Crippen molar-refractivity contribution in [3.05, 3.63) is 119 Å². The number of hydrogen-bond donors (Lipinski definition) is 0. The summed E-state index contributed by atoms with van der Waals surface area (Å²) < 4.78 is 2.37. The molecule has 5 aromatic carbocycles. The van der Waals surface area contributed by atoms with Crippen molar-refractivity contribution < 1.29 is 0 Å². The molecule has 162 valence electrons. The van der Waals surface area contributed by atoms with Crippen molar-refractivity contribution in [2.45, 2.75) is 12.8 Å². The summed E-state index contributed by atoms with van der Waals surface area (Å²) in [6.07, 6.45) is 2.03. The van der Waals surface area contributed by atoms with Crippen LogP contribution >= 0.6 is 0 Å².